The summed E-state index contributed by atoms with van der Waals surface area (Å²) < 4.78 is 2.28. The van der Waals surface area contributed by atoms with Crippen molar-refractivity contribution in [1.29, 1.82) is 0 Å². The van der Waals surface area contributed by atoms with Crippen molar-refractivity contribution in [3.05, 3.63) is 42.0 Å². The van der Waals surface area contributed by atoms with Gasteiger partial charge in [-0.1, -0.05) is 31.6 Å². The van der Waals surface area contributed by atoms with E-state index in [1.165, 1.54) is 23.4 Å². The number of nitrogens with zero attached hydrogens (tertiary/aromatic N) is 2. The second-order valence-corrected chi connectivity index (χ2v) is 5.90. The smallest absolute Gasteiger partial charge is 0.136 e. The van der Waals surface area contributed by atoms with Gasteiger partial charge < -0.3 is 5.32 Å². The van der Waals surface area contributed by atoms with E-state index in [9.17, 15) is 0 Å². The minimum atomic E-state index is 0.524. The Labute approximate surface area is 128 Å². The fourth-order valence-electron chi connectivity index (χ4n) is 3.18. The third kappa shape index (κ3) is 3.03. The summed E-state index contributed by atoms with van der Waals surface area (Å²) in [6.45, 7) is 14.7. The summed E-state index contributed by atoms with van der Waals surface area (Å²) in [5, 5.41) is 3.53. The number of aromatic nitrogens is 2. The van der Waals surface area contributed by atoms with Crippen LogP contribution in [-0.2, 0) is 0 Å². The molecule has 0 aromatic carbocycles. The van der Waals surface area contributed by atoms with E-state index in [-0.39, 0.29) is 0 Å². The van der Waals surface area contributed by atoms with Gasteiger partial charge in [0, 0.05) is 30.1 Å². The van der Waals surface area contributed by atoms with Crippen LogP contribution in [0.2, 0.25) is 0 Å². The first-order valence-electron chi connectivity index (χ1n) is 7.85. The van der Waals surface area contributed by atoms with Crippen molar-refractivity contribution >= 4 is 11.8 Å². The molecule has 0 amide bonds. The van der Waals surface area contributed by atoms with Gasteiger partial charge in [0.15, 0.2) is 0 Å². The highest BCUT2D eigenvalue weighted by atomic mass is 15.1. The van der Waals surface area contributed by atoms with Gasteiger partial charge in [0.25, 0.3) is 0 Å². The van der Waals surface area contributed by atoms with E-state index in [4.69, 9.17) is 0 Å². The molecule has 1 aromatic rings. The molecule has 1 aliphatic heterocycles. The monoisotopic (exact) mass is 285 g/mol. The van der Waals surface area contributed by atoms with E-state index in [1.54, 1.807) is 0 Å². The van der Waals surface area contributed by atoms with Crippen LogP contribution in [0.1, 0.15) is 51.6 Å². The van der Waals surface area contributed by atoms with Gasteiger partial charge in [0.1, 0.15) is 5.82 Å². The van der Waals surface area contributed by atoms with Gasteiger partial charge in [-0.15, -0.1) is 0 Å². The van der Waals surface area contributed by atoms with Gasteiger partial charge in [-0.25, -0.2) is 4.98 Å². The maximum absolute atomic E-state index is 4.58. The van der Waals surface area contributed by atoms with Crippen LogP contribution in [0, 0.1) is 5.92 Å². The lowest BCUT2D eigenvalue weighted by Gasteiger charge is -2.21. The Kier molecular flexibility index (Phi) is 5.18. The molecule has 3 nitrogen and oxygen atoms in total. The summed E-state index contributed by atoms with van der Waals surface area (Å²) in [6, 6.07) is 0. The SMILES string of the molecule is C=Cc1ncc([C@H]2CNC[C@H]2CC)n1C(/C=C\C)=C(C)C. The number of nitrogens with one attached hydrogen (secondary N) is 1. The van der Waals surface area contributed by atoms with Crippen LogP contribution in [0.25, 0.3) is 11.8 Å². The first-order chi connectivity index (χ1) is 10.1. The minimum absolute atomic E-state index is 0.524. The highest BCUT2D eigenvalue weighted by Gasteiger charge is 2.30. The van der Waals surface area contributed by atoms with Crippen LogP contribution in [0.5, 0.6) is 0 Å². The highest BCUT2D eigenvalue weighted by Crippen LogP contribution is 2.33. The summed E-state index contributed by atoms with van der Waals surface area (Å²) in [5.74, 6) is 2.14. The van der Waals surface area contributed by atoms with Crippen molar-refractivity contribution in [2.45, 2.75) is 40.0 Å². The van der Waals surface area contributed by atoms with E-state index < -0.39 is 0 Å². The van der Waals surface area contributed by atoms with Crippen molar-refractivity contribution in [1.82, 2.24) is 14.9 Å². The van der Waals surface area contributed by atoms with Crippen molar-refractivity contribution < 1.29 is 0 Å². The minimum Gasteiger partial charge on any atom is -0.316 e. The predicted octanol–water partition coefficient (Wildman–Crippen LogP) is 4.07. The summed E-state index contributed by atoms with van der Waals surface area (Å²) in [7, 11) is 0. The van der Waals surface area contributed by atoms with Gasteiger partial charge in [0.2, 0.25) is 0 Å². The largest absolute Gasteiger partial charge is 0.316 e. The van der Waals surface area contributed by atoms with Crippen LogP contribution in [0.4, 0.5) is 0 Å². The third-order valence-electron chi connectivity index (χ3n) is 4.32. The van der Waals surface area contributed by atoms with Crippen LogP contribution in [0.3, 0.4) is 0 Å². The third-order valence-corrected chi connectivity index (χ3v) is 4.32. The molecule has 0 bridgehead atoms. The summed E-state index contributed by atoms with van der Waals surface area (Å²) in [5.41, 5.74) is 3.80. The zero-order valence-corrected chi connectivity index (χ0v) is 13.7. The molecule has 0 aliphatic carbocycles. The van der Waals surface area contributed by atoms with Crippen molar-refractivity contribution in [3.63, 3.8) is 0 Å². The zero-order chi connectivity index (χ0) is 15.4. The molecule has 21 heavy (non-hydrogen) atoms. The van der Waals surface area contributed by atoms with Gasteiger partial charge >= 0.3 is 0 Å². The molecule has 0 radical (unpaired) electrons. The van der Waals surface area contributed by atoms with Crippen molar-refractivity contribution in [3.8, 4) is 0 Å². The number of imidazole rings is 1. The van der Waals surface area contributed by atoms with Crippen LogP contribution in [0.15, 0.2) is 30.5 Å². The Morgan fingerprint density at radius 3 is 2.81 bits per heavy atom. The maximum Gasteiger partial charge on any atom is 0.136 e. The molecule has 0 spiro atoms. The quantitative estimate of drug-likeness (QED) is 0.827. The molecule has 1 saturated heterocycles. The topological polar surface area (TPSA) is 29.9 Å². The molecular weight excluding hydrogens is 258 g/mol. The lowest BCUT2D eigenvalue weighted by atomic mass is 9.91. The Morgan fingerprint density at radius 1 is 1.48 bits per heavy atom. The first kappa shape index (κ1) is 15.8. The average Bonchev–Trinajstić information content (AvgIpc) is 3.09. The molecule has 1 aromatic heterocycles. The molecule has 3 heteroatoms. The standard InChI is InChI=1S/C18H27N3/c1-6-9-16(13(4)5)21-17(12-20-18(21)8-3)15-11-19-10-14(15)7-2/h6,8-9,12,14-15,19H,3,7,10-11H2,1-2,4-5H3/b9-6-/t14-,15+/m1/s1. The number of hydrogen-bond donors (Lipinski definition) is 1. The van der Waals surface area contributed by atoms with Crippen LogP contribution >= 0.6 is 0 Å². The first-order valence-corrected chi connectivity index (χ1v) is 7.85. The molecule has 2 heterocycles. The van der Waals surface area contributed by atoms with Gasteiger partial charge in [0.05, 0.1) is 0 Å². The second-order valence-electron chi connectivity index (χ2n) is 5.90. The zero-order valence-electron chi connectivity index (χ0n) is 13.7. The van der Waals surface area contributed by atoms with E-state index >= 15 is 0 Å². The molecule has 1 N–H and O–H groups in total. The highest BCUT2D eigenvalue weighted by molar-refractivity contribution is 5.64. The Hall–Kier alpha value is -1.61. The number of hydrogen-bond acceptors (Lipinski definition) is 2. The normalized spacial score (nSPS) is 21.9. The molecule has 1 aliphatic rings. The fraction of sp³-hybridized carbons (Fsp3) is 0.500. The van der Waals surface area contributed by atoms with E-state index in [1.807, 2.05) is 12.3 Å². The summed E-state index contributed by atoms with van der Waals surface area (Å²) in [4.78, 5) is 4.58. The Balaban J connectivity index is 2.56. The van der Waals surface area contributed by atoms with Gasteiger partial charge in [-0.2, -0.15) is 0 Å². The predicted molar refractivity (Wildman–Crippen MR) is 91.1 cm³/mol. The Bertz CT molecular complexity index is 559. The van der Waals surface area contributed by atoms with E-state index in [0.717, 1.165) is 18.9 Å². The second kappa shape index (κ2) is 6.90. The van der Waals surface area contributed by atoms with Gasteiger partial charge in [-0.05, 0) is 45.4 Å². The average molecular weight is 285 g/mol. The summed E-state index contributed by atoms with van der Waals surface area (Å²) in [6.07, 6.45) is 9.32. The molecule has 2 rings (SSSR count). The Morgan fingerprint density at radius 2 is 2.24 bits per heavy atom. The van der Waals surface area contributed by atoms with Crippen LogP contribution < -0.4 is 5.32 Å². The lowest BCUT2D eigenvalue weighted by Crippen LogP contribution is -2.15. The van der Waals surface area contributed by atoms with Gasteiger partial charge in [-0.3, -0.25) is 4.57 Å². The van der Waals surface area contributed by atoms with E-state index in [2.05, 4.69) is 61.3 Å². The van der Waals surface area contributed by atoms with Crippen LogP contribution in [-0.4, -0.2) is 22.6 Å². The molecule has 0 unspecified atom stereocenters. The summed E-state index contributed by atoms with van der Waals surface area (Å²) >= 11 is 0. The molecule has 0 saturated carbocycles. The number of allylic oxidation sites excluding steroid dienone is 4. The molecule has 1 fully saturated rings. The molecule has 2 atom stereocenters. The molecule has 114 valence electrons. The van der Waals surface area contributed by atoms with Crippen molar-refractivity contribution in [2.24, 2.45) is 5.92 Å². The lowest BCUT2D eigenvalue weighted by molar-refractivity contribution is 0.490. The van der Waals surface area contributed by atoms with E-state index in [0.29, 0.717) is 11.8 Å². The van der Waals surface area contributed by atoms with Crippen molar-refractivity contribution in [2.75, 3.05) is 13.1 Å². The number of rotatable bonds is 5. The fourth-order valence-corrected chi connectivity index (χ4v) is 3.18. The molecular formula is C18H27N3. The maximum atomic E-state index is 4.58.